The molecule has 0 fully saturated rings. The molecule has 0 radical (unpaired) electrons. The summed E-state index contributed by atoms with van der Waals surface area (Å²) in [6, 6.07) is 5.28. The summed E-state index contributed by atoms with van der Waals surface area (Å²) >= 11 is 5.90. The van der Waals surface area contributed by atoms with Crippen LogP contribution in [0.3, 0.4) is 0 Å². The molecule has 0 bridgehead atoms. The second-order valence-electron chi connectivity index (χ2n) is 6.16. The average molecular weight is 347 g/mol. The predicted molar refractivity (Wildman–Crippen MR) is 98.6 cm³/mol. The minimum atomic E-state index is -0.290. The molecule has 1 atom stereocenters. The molecule has 0 aromatic heterocycles. The number of carbonyl (C=O) groups is 1. The maximum atomic E-state index is 12.0. The van der Waals surface area contributed by atoms with Gasteiger partial charge in [0.05, 0.1) is 5.71 Å². The topological polar surface area (TPSA) is 50.7 Å². The van der Waals surface area contributed by atoms with E-state index in [4.69, 9.17) is 16.3 Å². The Bertz CT molecular complexity index is 707. The summed E-state index contributed by atoms with van der Waals surface area (Å²) in [5.41, 5.74) is 6.59. The molecule has 0 heterocycles. The number of aryl methyl sites for hydroxylation is 1. The molecule has 0 aliphatic heterocycles. The van der Waals surface area contributed by atoms with Crippen LogP contribution in [0.15, 0.2) is 47.1 Å². The first-order valence-corrected chi connectivity index (χ1v) is 8.31. The molecule has 1 amide bonds. The molecule has 1 aromatic carbocycles. The monoisotopic (exact) mass is 346 g/mol. The molecule has 0 saturated heterocycles. The van der Waals surface area contributed by atoms with Crippen molar-refractivity contribution in [2.45, 2.75) is 33.6 Å². The van der Waals surface area contributed by atoms with Gasteiger partial charge in [-0.1, -0.05) is 29.8 Å². The van der Waals surface area contributed by atoms with E-state index in [1.165, 1.54) is 0 Å². The minimum absolute atomic E-state index is 0.0913. The SMILES string of the molecule is C=C(C)[C@H]1CC=C(C)/C(=N/NC(=O)COc2ccc(Cl)cc2C)C1. The lowest BCUT2D eigenvalue weighted by Gasteiger charge is -2.22. The summed E-state index contributed by atoms with van der Waals surface area (Å²) < 4.78 is 5.51. The Kier molecular flexibility index (Phi) is 6.21. The highest BCUT2D eigenvalue weighted by atomic mass is 35.5. The van der Waals surface area contributed by atoms with Crippen molar-refractivity contribution in [1.29, 1.82) is 0 Å². The first-order chi connectivity index (χ1) is 11.4. The second kappa shape index (κ2) is 8.15. The summed E-state index contributed by atoms with van der Waals surface area (Å²) in [4.78, 5) is 12.0. The van der Waals surface area contributed by atoms with E-state index in [-0.39, 0.29) is 12.5 Å². The van der Waals surface area contributed by atoms with Crippen molar-refractivity contribution in [1.82, 2.24) is 5.43 Å². The van der Waals surface area contributed by atoms with Gasteiger partial charge >= 0.3 is 0 Å². The number of rotatable bonds is 5. The zero-order valence-electron chi connectivity index (χ0n) is 14.4. The van der Waals surface area contributed by atoms with Gasteiger partial charge in [-0.15, -0.1) is 0 Å². The van der Waals surface area contributed by atoms with Gasteiger partial charge in [0.1, 0.15) is 5.75 Å². The number of hydrogen-bond acceptors (Lipinski definition) is 3. The Morgan fingerprint density at radius 3 is 2.88 bits per heavy atom. The number of ether oxygens (including phenoxy) is 1. The van der Waals surface area contributed by atoms with Crippen LogP contribution in [0.4, 0.5) is 0 Å². The van der Waals surface area contributed by atoms with Crippen molar-refractivity contribution < 1.29 is 9.53 Å². The third-order valence-electron chi connectivity index (χ3n) is 4.11. The smallest absolute Gasteiger partial charge is 0.277 e. The fourth-order valence-corrected chi connectivity index (χ4v) is 2.73. The van der Waals surface area contributed by atoms with Gasteiger partial charge in [0, 0.05) is 5.02 Å². The van der Waals surface area contributed by atoms with E-state index in [1.807, 2.05) is 20.8 Å². The van der Waals surface area contributed by atoms with Crippen LogP contribution in [0.2, 0.25) is 5.02 Å². The molecule has 24 heavy (non-hydrogen) atoms. The van der Waals surface area contributed by atoms with E-state index in [0.717, 1.165) is 35.3 Å². The van der Waals surface area contributed by atoms with Crippen LogP contribution < -0.4 is 10.2 Å². The van der Waals surface area contributed by atoms with E-state index < -0.39 is 0 Å². The number of carbonyl (C=O) groups excluding carboxylic acids is 1. The highest BCUT2D eigenvalue weighted by Gasteiger charge is 2.18. The fourth-order valence-electron chi connectivity index (χ4n) is 2.50. The van der Waals surface area contributed by atoms with Crippen LogP contribution in [0.1, 0.15) is 32.3 Å². The number of nitrogens with one attached hydrogen (secondary N) is 1. The zero-order valence-corrected chi connectivity index (χ0v) is 15.1. The van der Waals surface area contributed by atoms with Crippen LogP contribution in [-0.2, 0) is 4.79 Å². The summed E-state index contributed by atoms with van der Waals surface area (Å²) in [5.74, 6) is 0.734. The Hall–Kier alpha value is -2.07. The van der Waals surface area contributed by atoms with Crippen molar-refractivity contribution in [2.24, 2.45) is 11.0 Å². The number of nitrogens with zero attached hydrogens (tertiary/aromatic N) is 1. The summed E-state index contributed by atoms with van der Waals surface area (Å²) in [6.45, 7) is 9.83. The molecule has 1 N–H and O–H groups in total. The fraction of sp³-hybridized carbons (Fsp3) is 0.368. The quantitative estimate of drug-likeness (QED) is 0.633. The molecule has 0 spiro atoms. The van der Waals surface area contributed by atoms with Gasteiger partial charge < -0.3 is 4.74 Å². The lowest BCUT2D eigenvalue weighted by molar-refractivity contribution is -0.123. The molecule has 1 aliphatic rings. The Morgan fingerprint density at radius 1 is 1.46 bits per heavy atom. The van der Waals surface area contributed by atoms with E-state index in [2.05, 4.69) is 23.2 Å². The molecule has 0 unspecified atom stereocenters. The number of hydrazone groups is 1. The third kappa shape index (κ3) is 4.96. The van der Waals surface area contributed by atoms with E-state index >= 15 is 0 Å². The molecular formula is C19H23ClN2O2. The van der Waals surface area contributed by atoms with Gasteiger partial charge in [0.15, 0.2) is 6.61 Å². The number of amides is 1. The van der Waals surface area contributed by atoms with Crippen molar-refractivity contribution in [2.75, 3.05) is 6.61 Å². The van der Waals surface area contributed by atoms with Crippen molar-refractivity contribution in [3.05, 3.63) is 52.6 Å². The number of allylic oxidation sites excluding steroid dienone is 3. The van der Waals surface area contributed by atoms with Crippen molar-refractivity contribution in [3.63, 3.8) is 0 Å². The summed E-state index contributed by atoms with van der Waals surface area (Å²) in [6.07, 6.45) is 3.92. The van der Waals surface area contributed by atoms with Crippen LogP contribution in [0.25, 0.3) is 0 Å². The summed E-state index contributed by atoms with van der Waals surface area (Å²) in [5, 5.41) is 4.89. The van der Waals surface area contributed by atoms with E-state index in [0.29, 0.717) is 16.7 Å². The maximum absolute atomic E-state index is 12.0. The number of halogens is 1. The molecule has 5 heteroatoms. The van der Waals surface area contributed by atoms with Gasteiger partial charge in [-0.3, -0.25) is 4.79 Å². The summed E-state index contributed by atoms with van der Waals surface area (Å²) in [7, 11) is 0. The van der Waals surface area contributed by atoms with E-state index in [1.54, 1.807) is 18.2 Å². The van der Waals surface area contributed by atoms with Crippen LogP contribution in [-0.4, -0.2) is 18.2 Å². The first-order valence-electron chi connectivity index (χ1n) is 7.93. The Morgan fingerprint density at radius 2 is 2.21 bits per heavy atom. The molecule has 1 aliphatic carbocycles. The Balaban J connectivity index is 1.91. The number of benzene rings is 1. The highest BCUT2D eigenvalue weighted by Crippen LogP contribution is 2.26. The standard InChI is InChI=1S/C19H23ClN2O2/c1-12(2)15-6-5-13(3)17(10-15)21-22-19(23)11-24-18-8-7-16(20)9-14(18)4/h5,7-9,15H,1,6,10-11H2,2-4H3,(H,22,23)/b21-17+/t15-/m0/s1. The van der Waals surface area contributed by atoms with Crippen LogP contribution >= 0.6 is 11.6 Å². The zero-order chi connectivity index (χ0) is 17.7. The molecule has 2 rings (SSSR count). The highest BCUT2D eigenvalue weighted by molar-refractivity contribution is 6.30. The number of hydrogen-bond donors (Lipinski definition) is 1. The first kappa shape index (κ1) is 18.3. The minimum Gasteiger partial charge on any atom is -0.483 e. The third-order valence-corrected chi connectivity index (χ3v) is 4.35. The lowest BCUT2D eigenvalue weighted by Crippen LogP contribution is -2.27. The molecule has 1 aromatic rings. The molecule has 0 saturated carbocycles. The van der Waals surface area contributed by atoms with Crippen LogP contribution in [0, 0.1) is 12.8 Å². The van der Waals surface area contributed by atoms with Crippen LogP contribution in [0.5, 0.6) is 5.75 Å². The van der Waals surface area contributed by atoms with Gasteiger partial charge in [0.2, 0.25) is 0 Å². The Labute approximate surface area is 148 Å². The van der Waals surface area contributed by atoms with Gasteiger partial charge in [0.25, 0.3) is 5.91 Å². The lowest BCUT2D eigenvalue weighted by atomic mass is 9.85. The molecule has 4 nitrogen and oxygen atoms in total. The van der Waals surface area contributed by atoms with Crippen molar-refractivity contribution >= 4 is 23.2 Å². The van der Waals surface area contributed by atoms with Gasteiger partial charge in [-0.2, -0.15) is 5.10 Å². The largest absolute Gasteiger partial charge is 0.483 e. The molecular weight excluding hydrogens is 324 g/mol. The second-order valence-corrected chi connectivity index (χ2v) is 6.60. The predicted octanol–water partition coefficient (Wildman–Crippen LogP) is 4.43. The van der Waals surface area contributed by atoms with E-state index in [9.17, 15) is 4.79 Å². The molecule has 128 valence electrons. The normalized spacial score (nSPS) is 18.9. The maximum Gasteiger partial charge on any atom is 0.277 e. The average Bonchev–Trinajstić information content (AvgIpc) is 2.53. The van der Waals surface area contributed by atoms with Gasteiger partial charge in [-0.05, 0) is 68.9 Å². The van der Waals surface area contributed by atoms with Crippen molar-refractivity contribution in [3.8, 4) is 5.75 Å². The van der Waals surface area contributed by atoms with Gasteiger partial charge in [-0.25, -0.2) is 5.43 Å².